The molecule has 0 atom stereocenters. The van der Waals surface area contributed by atoms with Gasteiger partial charge in [0.25, 0.3) is 5.91 Å². The third-order valence-corrected chi connectivity index (χ3v) is 7.25. The average molecular weight is 374 g/mol. The summed E-state index contributed by atoms with van der Waals surface area (Å²) in [4.78, 5) is 12.2. The van der Waals surface area contributed by atoms with Gasteiger partial charge >= 0.3 is 0 Å². The van der Waals surface area contributed by atoms with Gasteiger partial charge < -0.3 is 10.1 Å². The summed E-state index contributed by atoms with van der Waals surface area (Å²) in [7, 11) is 0. The third kappa shape index (κ3) is 4.73. The second kappa shape index (κ2) is 8.68. The van der Waals surface area contributed by atoms with E-state index >= 15 is 0 Å². The summed E-state index contributed by atoms with van der Waals surface area (Å²) in [6.07, 6.45) is 0.886. The van der Waals surface area contributed by atoms with Gasteiger partial charge in [-0.2, -0.15) is 0 Å². The number of amides is 1. The Morgan fingerprint density at radius 2 is 1.88 bits per heavy atom. The zero-order chi connectivity index (χ0) is 17.6. The molecule has 0 aromatic heterocycles. The van der Waals surface area contributed by atoms with Crippen LogP contribution in [0.15, 0.2) is 42.5 Å². The lowest BCUT2D eigenvalue weighted by Gasteiger charge is -2.14. The van der Waals surface area contributed by atoms with Crippen LogP contribution in [0.2, 0.25) is 0 Å². The van der Waals surface area contributed by atoms with Gasteiger partial charge in [0.15, 0.2) is 6.61 Å². The van der Waals surface area contributed by atoms with Gasteiger partial charge in [-0.1, -0.05) is 37.3 Å². The highest BCUT2D eigenvalue weighted by Crippen LogP contribution is 2.45. The molecule has 3 nitrogen and oxygen atoms in total. The van der Waals surface area contributed by atoms with Crippen molar-refractivity contribution in [3.63, 3.8) is 0 Å². The van der Waals surface area contributed by atoms with Gasteiger partial charge in [-0.3, -0.25) is 4.79 Å². The van der Waals surface area contributed by atoms with E-state index < -0.39 is 0 Å². The van der Waals surface area contributed by atoms with Crippen molar-refractivity contribution in [1.82, 2.24) is 0 Å². The molecule has 5 heteroatoms. The summed E-state index contributed by atoms with van der Waals surface area (Å²) in [5.41, 5.74) is 4.44. The maximum Gasteiger partial charge on any atom is 0.262 e. The molecule has 1 amide bonds. The molecule has 132 valence electrons. The first-order valence-electron chi connectivity index (χ1n) is 8.51. The molecule has 0 unspecified atom stereocenters. The number of rotatable bonds is 6. The van der Waals surface area contributed by atoms with Crippen LogP contribution in [0, 0.1) is 6.92 Å². The molecule has 0 spiro atoms. The Kier molecular flexibility index (Phi) is 6.32. The monoisotopic (exact) mass is 373 g/mol. The highest BCUT2D eigenvalue weighted by atomic mass is 32.2. The molecule has 1 fully saturated rings. The van der Waals surface area contributed by atoms with Gasteiger partial charge in [0, 0.05) is 17.2 Å². The Morgan fingerprint density at radius 1 is 1.16 bits per heavy atom. The molecule has 1 aliphatic heterocycles. The zero-order valence-electron chi connectivity index (χ0n) is 14.6. The SMILES string of the molecule is CCc1cccc(C)c1NC(=O)COc1ccc(C2SCCS2)cc1. The molecule has 25 heavy (non-hydrogen) atoms. The van der Waals surface area contributed by atoms with Crippen molar-refractivity contribution in [2.24, 2.45) is 0 Å². The number of carbonyl (C=O) groups excluding carboxylic acids is 1. The number of hydrogen-bond donors (Lipinski definition) is 1. The molecule has 3 rings (SSSR count). The van der Waals surface area contributed by atoms with Crippen LogP contribution < -0.4 is 10.1 Å². The molecule has 1 aliphatic rings. The topological polar surface area (TPSA) is 38.3 Å². The fraction of sp³-hybridized carbons (Fsp3) is 0.350. The summed E-state index contributed by atoms with van der Waals surface area (Å²) in [6, 6.07) is 14.2. The third-order valence-electron chi connectivity index (χ3n) is 4.15. The van der Waals surface area contributed by atoms with Gasteiger partial charge in [0.2, 0.25) is 0 Å². The van der Waals surface area contributed by atoms with Crippen molar-refractivity contribution >= 4 is 35.1 Å². The summed E-state index contributed by atoms with van der Waals surface area (Å²) in [5, 5.41) is 2.99. The standard InChI is InChI=1S/C20H23NO2S2/c1-3-15-6-4-5-14(2)19(15)21-18(22)13-23-17-9-7-16(8-10-17)20-24-11-12-25-20/h4-10,20H,3,11-13H2,1-2H3,(H,21,22). The zero-order valence-corrected chi connectivity index (χ0v) is 16.2. The predicted octanol–water partition coefficient (Wildman–Crippen LogP) is 5.05. The summed E-state index contributed by atoms with van der Waals surface area (Å²) in [6.45, 7) is 4.11. The van der Waals surface area contributed by atoms with Crippen LogP contribution in [0.1, 0.15) is 28.2 Å². The van der Waals surface area contributed by atoms with Crippen molar-refractivity contribution < 1.29 is 9.53 Å². The number of nitrogens with one attached hydrogen (secondary N) is 1. The van der Waals surface area contributed by atoms with Crippen molar-refractivity contribution in [2.45, 2.75) is 24.9 Å². The van der Waals surface area contributed by atoms with Crippen LogP contribution in [0.25, 0.3) is 0 Å². The Morgan fingerprint density at radius 3 is 2.56 bits per heavy atom. The van der Waals surface area contributed by atoms with Crippen LogP contribution >= 0.6 is 23.5 Å². The predicted molar refractivity (Wildman–Crippen MR) is 109 cm³/mol. The van der Waals surface area contributed by atoms with Crippen LogP contribution in [0.5, 0.6) is 5.75 Å². The lowest BCUT2D eigenvalue weighted by molar-refractivity contribution is -0.118. The summed E-state index contributed by atoms with van der Waals surface area (Å²) >= 11 is 3.97. The quantitative estimate of drug-likeness (QED) is 0.769. The Labute approximate surface area is 157 Å². The van der Waals surface area contributed by atoms with Gasteiger partial charge in [0.1, 0.15) is 5.75 Å². The molecule has 2 aromatic carbocycles. The average Bonchev–Trinajstić information content (AvgIpc) is 3.17. The Balaban J connectivity index is 1.55. The van der Waals surface area contributed by atoms with Gasteiger partial charge in [-0.25, -0.2) is 0 Å². The van der Waals surface area contributed by atoms with Crippen molar-refractivity contribution in [2.75, 3.05) is 23.4 Å². The first-order chi connectivity index (χ1) is 12.2. The smallest absolute Gasteiger partial charge is 0.262 e. The molecule has 1 saturated heterocycles. The normalized spacial score (nSPS) is 14.5. The molecule has 1 N–H and O–H groups in total. The molecular weight excluding hydrogens is 350 g/mol. The van der Waals surface area contributed by atoms with E-state index in [1.807, 2.05) is 60.8 Å². The number of para-hydroxylation sites is 1. The number of hydrogen-bond acceptors (Lipinski definition) is 4. The molecule has 0 saturated carbocycles. The van der Waals surface area contributed by atoms with Crippen LogP contribution in [0.4, 0.5) is 5.69 Å². The largest absolute Gasteiger partial charge is 0.484 e. The number of aryl methyl sites for hydroxylation is 2. The summed E-state index contributed by atoms with van der Waals surface area (Å²) < 4.78 is 6.18. The number of carbonyl (C=O) groups is 1. The first-order valence-corrected chi connectivity index (χ1v) is 10.6. The van der Waals surface area contributed by atoms with Gasteiger partial charge in [0.05, 0.1) is 4.58 Å². The highest BCUT2D eigenvalue weighted by molar-refractivity contribution is 8.19. The fourth-order valence-electron chi connectivity index (χ4n) is 2.80. The number of ether oxygens (including phenoxy) is 1. The van der Waals surface area contributed by atoms with Gasteiger partial charge in [-0.05, 0) is 42.2 Å². The maximum absolute atomic E-state index is 12.2. The van der Waals surface area contributed by atoms with Crippen molar-refractivity contribution in [3.8, 4) is 5.75 Å². The van der Waals surface area contributed by atoms with Crippen molar-refractivity contribution in [1.29, 1.82) is 0 Å². The molecular formula is C20H23NO2S2. The lowest BCUT2D eigenvalue weighted by Crippen LogP contribution is -2.21. The summed E-state index contributed by atoms with van der Waals surface area (Å²) in [5.74, 6) is 3.03. The fourth-order valence-corrected chi connectivity index (χ4v) is 5.66. The maximum atomic E-state index is 12.2. The number of benzene rings is 2. The van der Waals surface area contributed by atoms with Crippen molar-refractivity contribution in [3.05, 3.63) is 59.2 Å². The minimum atomic E-state index is -0.130. The lowest BCUT2D eigenvalue weighted by atomic mass is 10.1. The van der Waals surface area contributed by atoms with E-state index in [4.69, 9.17) is 4.74 Å². The molecule has 2 aromatic rings. The van der Waals surface area contributed by atoms with Crippen LogP contribution in [0.3, 0.4) is 0 Å². The molecule has 1 heterocycles. The van der Waals surface area contributed by atoms with E-state index in [1.165, 1.54) is 17.1 Å². The number of thioether (sulfide) groups is 2. The van der Waals surface area contributed by atoms with E-state index in [0.29, 0.717) is 4.58 Å². The highest BCUT2D eigenvalue weighted by Gasteiger charge is 2.18. The van der Waals surface area contributed by atoms with E-state index in [-0.39, 0.29) is 12.5 Å². The van der Waals surface area contributed by atoms with E-state index in [9.17, 15) is 4.79 Å². The van der Waals surface area contributed by atoms with E-state index in [1.54, 1.807) is 0 Å². The van der Waals surface area contributed by atoms with E-state index in [2.05, 4.69) is 24.4 Å². The van der Waals surface area contributed by atoms with E-state index in [0.717, 1.165) is 29.0 Å². The minimum absolute atomic E-state index is 0.0176. The Hall–Kier alpha value is -1.59. The first kappa shape index (κ1) is 18.2. The van der Waals surface area contributed by atoms with Gasteiger partial charge in [-0.15, -0.1) is 23.5 Å². The molecule has 0 bridgehead atoms. The van der Waals surface area contributed by atoms with Crippen LogP contribution in [-0.2, 0) is 11.2 Å². The Bertz CT molecular complexity index is 725. The minimum Gasteiger partial charge on any atom is -0.484 e. The number of anilines is 1. The second-order valence-corrected chi connectivity index (χ2v) is 8.67. The second-order valence-electron chi connectivity index (χ2n) is 5.94. The molecule has 0 radical (unpaired) electrons. The van der Waals surface area contributed by atoms with Crippen LogP contribution in [-0.4, -0.2) is 24.0 Å². The molecule has 0 aliphatic carbocycles.